The number of carboxylic acid groups (broad SMARTS) is 1. The molecule has 0 radical (unpaired) electrons. The summed E-state index contributed by atoms with van der Waals surface area (Å²) in [6, 6.07) is 0. The predicted octanol–water partition coefficient (Wildman–Crippen LogP) is 1.03. The van der Waals surface area contributed by atoms with Crippen molar-refractivity contribution in [2.45, 2.75) is 13.0 Å². The Morgan fingerprint density at radius 1 is 1.35 bits per heavy atom. The summed E-state index contributed by atoms with van der Waals surface area (Å²) in [5.74, 6) is -2.14. The molecule has 0 aromatic rings. The number of hydrogen-bond acceptors (Lipinski definition) is 5. The van der Waals surface area contributed by atoms with E-state index in [9.17, 15) is 14.4 Å². The van der Waals surface area contributed by atoms with Crippen LogP contribution in [0.2, 0.25) is 0 Å². The highest BCUT2D eigenvalue weighted by molar-refractivity contribution is 5.81. The molecule has 1 amide bonds. The third-order valence-corrected chi connectivity index (χ3v) is 2.00. The number of aliphatic carboxylic acids is 1. The van der Waals surface area contributed by atoms with Crippen LogP contribution >= 0.6 is 0 Å². The molecule has 7 nitrogen and oxygen atoms in total. The number of hydrogen-bond donors (Lipinski definition) is 2. The van der Waals surface area contributed by atoms with Crippen LogP contribution in [-0.4, -0.2) is 42.4 Å². The van der Waals surface area contributed by atoms with Crippen molar-refractivity contribution in [2.75, 3.05) is 13.2 Å². The molecule has 0 saturated heterocycles. The number of carboxylic acids is 1. The summed E-state index contributed by atoms with van der Waals surface area (Å²) in [5.41, 5.74) is 0.636. The molecule has 0 aromatic heterocycles. The largest absolute Gasteiger partial charge is 0.479 e. The van der Waals surface area contributed by atoms with Crippen molar-refractivity contribution < 1.29 is 29.0 Å². The van der Waals surface area contributed by atoms with Crippen LogP contribution in [0.25, 0.3) is 0 Å². The highest BCUT2D eigenvalue weighted by Crippen LogP contribution is 1.97. The first-order valence-corrected chi connectivity index (χ1v) is 5.67. The standard InChI is InChI=1S/C13H17NO6/c1-4-6-10(5-2)8-19-13(18)14-7-11(15)20-9(3)12(16)17/h4-6,9H,1-2,7-8H2,3H3,(H,14,18)(H,16,17)/b10-6+. The maximum Gasteiger partial charge on any atom is 0.407 e. The summed E-state index contributed by atoms with van der Waals surface area (Å²) in [4.78, 5) is 32.8. The van der Waals surface area contributed by atoms with Gasteiger partial charge in [0.05, 0.1) is 0 Å². The lowest BCUT2D eigenvalue weighted by Crippen LogP contribution is -2.34. The van der Waals surface area contributed by atoms with E-state index in [0.29, 0.717) is 5.57 Å². The first-order valence-electron chi connectivity index (χ1n) is 5.67. The second-order valence-electron chi connectivity index (χ2n) is 3.58. The highest BCUT2D eigenvalue weighted by Gasteiger charge is 2.16. The zero-order chi connectivity index (χ0) is 15.5. The minimum absolute atomic E-state index is 0.0259. The number of nitrogens with one attached hydrogen (secondary N) is 1. The fourth-order valence-electron chi connectivity index (χ4n) is 0.960. The number of esters is 1. The average Bonchev–Trinajstić information content (AvgIpc) is 2.40. The number of amides is 1. The summed E-state index contributed by atoms with van der Waals surface area (Å²) in [6.07, 6.45) is 2.52. The number of rotatable bonds is 8. The van der Waals surface area contributed by atoms with Gasteiger partial charge in [-0.3, -0.25) is 4.79 Å². The van der Waals surface area contributed by atoms with Crippen molar-refractivity contribution in [3.63, 3.8) is 0 Å². The normalized spacial score (nSPS) is 11.9. The molecule has 7 heteroatoms. The van der Waals surface area contributed by atoms with Gasteiger partial charge in [-0.1, -0.05) is 31.4 Å². The third kappa shape index (κ3) is 7.70. The van der Waals surface area contributed by atoms with E-state index in [2.05, 4.69) is 23.2 Å². The van der Waals surface area contributed by atoms with E-state index in [1.54, 1.807) is 6.08 Å². The number of alkyl carbamates (subject to hydrolysis) is 1. The van der Waals surface area contributed by atoms with E-state index in [0.717, 1.165) is 0 Å². The molecule has 0 aliphatic carbocycles. The van der Waals surface area contributed by atoms with Crippen molar-refractivity contribution in [1.82, 2.24) is 5.32 Å². The molecule has 0 heterocycles. The minimum Gasteiger partial charge on any atom is -0.479 e. The summed E-state index contributed by atoms with van der Waals surface area (Å²) in [6.45, 7) is 7.71. The highest BCUT2D eigenvalue weighted by atomic mass is 16.6. The van der Waals surface area contributed by atoms with E-state index in [-0.39, 0.29) is 6.61 Å². The van der Waals surface area contributed by atoms with Crippen molar-refractivity contribution in [2.24, 2.45) is 0 Å². The molecule has 1 atom stereocenters. The van der Waals surface area contributed by atoms with Crippen LogP contribution in [-0.2, 0) is 19.1 Å². The van der Waals surface area contributed by atoms with Crippen molar-refractivity contribution in [1.29, 1.82) is 0 Å². The quantitative estimate of drug-likeness (QED) is 0.509. The zero-order valence-electron chi connectivity index (χ0n) is 11.1. The molecule has 0 fully saturated rings. The van der Waals surface area contributed by atoms with Crippen LogP contribution in [0.4, 0.5) is 4.79 Å². The monoisotopic (exact) mass is 283 g/mol. The molecule has 0 aliphatic rings. The minimum atomic E-state index is -1.27. The topological polar surface area (TPSA) is 102 Å². The summed E-state index contributed by atoms with van der Waals surface area (Å²) < 4.78 is 9.29. The molecule has 0 saturated carbocycles. The van der Waals surface area contributed by atoms with Gasteiger partial charge < -0.3 is 19.9 Å². The van der Waals surface area contributed by atoms with Crippen molar-refractivity contribution in [3.05, 3.63) is 37.0 Å². The third-order valence-electron chi connectivity index (χ3n) is 2.00. The smallest absolute Gasteiger partial charge is 0.407 e. The Morgan fingerprint density at radius 2 is 2.00 bits per heavy atom. The average molecular weight is 283 g/mol. The van der Waals surface area contributed by atoms with E-state index >= 15 is 0 Å². The van der Waals surface area contributed by atoms with Gasteiger partial charge in [0.2, 0.25) is 0 Å². The second kappa shape index (κ2) is 9.37. The van der Waals surface area contributed by atoms with Gasteiger partial charge in [0, 0.05) is 0 Å². The molecule has 110 valence electrons. The molecule has 0 aliphatic heterocycles. The summed E-state index contributed by atoms with van der Waals surface area (Å²) >= 11 is 0. The van der Waals surface area contributed by atoms with Gasteiger partial charge in [-0.25, -0.2) is 9.59 Å². The molecule has 0 rings (SSSR count). The van der Waals surface area contributed by atoms with Gasteiger partial charge in [-0.2, -0.15) is 0 Å². The second-order valence-corrected chi connectivity index (χ2v) is 3.58. The van der Waals surface area contributed by atoms with E-state index in [1.807, 2.05) is 0 Å². The Bertz CT molecular complexity index is 427. The summed E-state index contributed by atoms with van der Waals surface area (Å²) in [7, 11) is 0. The Kier molecular flexibility index (Phi) is 8.17. The fourth-order valence-corrected chi connectivity index (χ4v) is 0.960. The van der Waals surface area contributed by atoms with E-state index in [1.165, 1.54) is 19.1 Å². The van der Waals surface area contributed by atoms with Gasteiger partial charge in [0.15, 0.2) is 6.10 Å². The van der Waals surface area contributed by atoms with Crippen molar-refractivity contribution in [3.8, 4) is 0 Å². The molecule has 2 N–H and O–H groups in total. The SMILES string of the molecule is C=C/C=C(\C=C)COC(=O)NCC(=O)OC(C)C(=O)O. The lowest BCUT2D eigenvalue weighted by atomic mass is 10.2. The van der Waals surface area contributed by atoms with E-state index in [4.69, 9.17) is 9.84 Å². The van der Waals surface area contributed by atoms with Gasteiger partial charge in [-0.15, -0.1) is 0 Å². The Labute approximate surface area is 116 Å². The van der Waals surface area contributed by atoms with Gasteiger partial charge in [0.25, 0.3) is 0 Å². The van der Waals surface area contributed by atoms with Crippen LogP contribution in [0.15, 0.2) is 37.0 Å². The first-order chi connectivity index (χ1) is 9.40. The molecular formula is C13H17NO6. The number of ether oxygens (including phenoxy) is 2. The maximum atomic E-state index is 11.2. The van der Waals surface area contributed by atoms with E-state index < -0.39 is 30.7 Å². The van der Waals surface area contributed by atoms with Crippen LogP contribution < -0.4 is 5.32 Å². The Hall–Kier alpha value is -2.57. The van der Waals surface area contributed by atoms with Gasteiger partial charge in [-0.05, 0) is 12.5 Å². The lowest BCUT2D eigenvalue weighted by Gasteiger charge is -2.10. The number of allylic oxidation sites excluding steroid dienone is 2. The predicted molar refractivity (Wildman–Crippen MR) is 71.0 cm³/mol. The van der Waals surface area contributed by atoms with Gasteiger partial charge in [0.1, 0.15) is 13.2 Å². The molecule has 1 unspecified atom stereocenters. The van der Waals surface area contributed by atoms with Crippen LogP contribution in [0.1, 0.15) is 6.92 Å². The van der Waals surface area contributed by atoms with Crippen LogP contribution in [0.5, 0.6) is 0 Å². The first kappa shape index (κ1) is 17.4. The molecule has 0 spiro atoms. The molecule has 20 heavy (non-hydrogen) atoms. The van der Waals surface area contributed by atoms with Gasteiger partial charge >= 0.3 is 18.0 Å². The number of carbonyl (C=O) groups excluding carboxylic acids is 2. The maximum absolute atomic E-state index is 11.2. The molecular weight excluding hydrogens is 266 g/mol. The zero-order valence-corrected chi connectivity index (χ0v) is 11.1. The molecule has 0 aromatic carbocycles. The van der Waals surface area contributed by atoms with Crippen LogP contribution in [0.3, 0.4) is 0 Å². The number of carbonyl (C=O) groups is 3. The lowest BCUT2D eigenvalue weighted by molar-refractivity contribution is -0.161. The Balaban J connectivity index is 4.02. The van der Waals surface area contributed by atoms with Crippen LogP contribution in [0, 0.1) is 0 Å². The molecule has 0 bridgehead atoms. The van der Waals surface area contributed by atoms with Crippen molar-refractivity contribution >= 4 is 18.0 Å². The fraction of sp³-hybridized carbons (Fsp3) is 0.308. The summed E-state index contributed by atoms with van der Waals surface area (Å²) in [5, 5.41) is 10.7. The Morgan fingerprint density at radius 3 is 2.50 bits per heavy atom.